The average Bonchev–Trinajstić information content (AvgIpc) is 3.76. The molecule has 8 nitrogen and oxygen atoms in total. The highest BCUT2D eigenvalue weighted by molar-refractivity contribution is 5.96. The summed E-state index contributed by atoms with van der Waals surface area (Å²) in [6.45, 7) is 6.79. The van der Waals surface area contributed by atoms with Crippen molar-refractivity contribution >= 4 is 12.0 Å². The Kier molecular flexibility index (Phi) is 9.11. The molecule has 2 aromatic heterocycles. The smallest absolute Gasteiger partial charge is 0.437 e. The van der Waals surface area contributed by atoms with Crippen LogP contribution in [0.4, 0.5) is 26.7 Å². The summed E-state index contributed by atoms with van der Waals surface area (Å²) in [5.41, 5.74) is -2.05. The second-order valence-electron chi connectivity index (χ2n) is 12.7. The number of nitrogens with zero attached hydrogens (tertiary/aromatic N) is 4. The second kappa shape index (κ2) is 12.8. The van der Waals surface area contributed by atoms with Gasteiger partial charge in [-0.3, -0.25) is 9.78 Å². The third kappa shape index (κ3) is 7.95. The number of rotatable bonds is 7. The minimum absolute atomic E-state index is 0.0600. The first-order valence-corrected chi connectivity index (χ1v) is 14.9. The Hall–Kier alpha value is -4.81. The number of carbonyl (C=O) groups is 2. The van der Waals surface area contributed by atoms with Crippen LogP contribution in [0.2, 0.25) is 0 Å². The standard InChI is InChI=1S/C34H34F5N5O3/c1-19-10-11-40-27(14-19)29(21-6-7-21)41-30(45)25-16-20(18-44-13-12-43(5)31(44)42-32(46)47-33(2,3)4)15-24(28(25)36)23-9-8-22(35)17-26(23)34(37,38)39/h8-17,21,29H,6-7,18H2,1-5H3,(H,41,45)/b42-31-. The van der Waals surface area contributed by atoms with E-state index in [-0.39, 0.29) is 29.7 Å². The Balaban J connectivity index is 1.63. The molecule has 1 N–H and O–H groups in total. The number of ether oxygens (including phenoxy) is 1. The molecule has 248 valence electrons. The molecule has 4 aromatic rings. The number of nitrogens with one attached hydrogen (secondary N) is 1. The van der Waals surface area contributed by atoms with E-state index in [0.717, 1.165) is 30.5 Å². The lowest BCUT2D eigenvalue weighted by Crippen LogP contribution is -2.31. The van der Waals surface area contributed by atoms with Crippen molar-refractivity contribution in [2.75, 3.05) is 0 Å². The molecule has 2 amide bonds. The quantitative estimate of drug-likeness (QED) is 0.212. The van der Waals surface area contributed by atoms with Crippen molar-refractivity contribution in [1.29, 1.82) is 0 Å². The first-order valence-electron chi connectivity index (χ1n) is 14.9. The number of carbonyl (C=O) groups excluding carboxylic acids is 2. The van der Waals surface area contributed by atoms with E-state index in [1.807, 2.05) is 13.0 Å². The van der Waals surface area contributed by atoms with Gasteiger partial charge in [0.15, 0.2) is 0 Å². The number of imidazole rings is 1. The van der Waals surface area contributed by atoms with Crippen LogP contribution in [0.1, 0.15) is 72.4 Å². The van der Waals surface area contributed by atoms with Crippen LogP contribution in [-0.2, 0) is 24.5 Å². The lowest BCUT2D eigenvalue weighted by Gasteiger charge is -2.20. The number of halogens is 5. The molecule has 2 heterocycles. The minimum atomic E-state index is -5.02. The Morgan fingerprint density at radius 3 is 2.40 bits per heavy atom. The van der Waals surface area contributed by atoms with Gasteiger partial charge in [0.1, 0.15) is 17.2 Å². The van der Waals surface area contributed by atoms with Crippen molar-refractivity contribution in [1.82, 2.24) is 19.4 Å². The zero-order valence-electron chi connectivity index (χ0n) is 26.5. The van der Waals surface area contributed by atoms with Crippen molar-refractivity contribution < 1.29 is 36.3 Å². The Bertz CT molecular complexity index is 1900. The summed E-state index contributed by atoms with van der Waals surface area (Å²) in [4.78, 5) is 34.7. The molecule has 0 spiro atoms. The van der Waals surface area contributed by atoms with Crippen molar-refractivity contribution in [3.05, 3.63) is 106 Å². The number of alkyl halides is 3. The topological polar surface area (TPSA) is 90.5 Å². The van der Waals surface area contributed by atoms with E-state index in [9.17, 15) is 27.2 Å². The molecule has 0 aliphatic heterocycles. The number of benzene rings is 2. The zero-order chi connectivity index (χ0) is 34.3. The molecule has 0 saturated heterocycles. The van der Waals surface area contributed by atoms with Crippen molar-refractivity contribution in [3.8, 4) is 11.1 Å². The summed E-state index contributed by atoms with van der Waals surface area (Å²) in [5.74, 6) is -3.14. The lowest BCUT2D eigenvalue weighted by atomic mass is 9.94. The van der Waals surface area contributed by atoms with Gasteiger partial charge in [-0.1, -0.05) is 6.07 Å². The van der Waals surface area contributed by atoms with Crippen molar-refractivity contribution in [2.45, 2.75) is 64.9 Å². The van der Waals surface area contributed by atoms with Gasteiger partial charge in [0.05, 0.1) is 29.4 Å². The number of hydrogen-bond acceptors (Lipinski definition) is 4. The van der Waals surface area contributed by atoms with Gasteiger partial charge in [0.2, 0.25) is 5.62 Å². The van der Waals surface area contributed by atoms with Gasteiger partial charge < -0.3 is 19.2 Å². The van der Waals surface area contributed by atoms with E-state index in [1.54, 1.807) is 52.5 Å². The fraction of sp³-hybridized carbons (Fsp3) is 0.353. The van der Waals surface area contributed by atoms with Crippen LogP contribution >= 0.6 is 0 Å². The third-order valence-electron chi connectivity index (χ3n) is 7.57. The molecule has 1 saturated carbocycles. The average molecular weight is 656 g/mol. The first kappa shape index (κ1) is 33.6. The highest BCUT2D eigenvalue weighted by atomic mass is 19.4. The molecule has 0 bridgehead atoms. The summed E-state index contributed by atoms with van der Waals surface area (Å²) in [7, 11) is 1.63. The monoisotopic (exact) mass is 655 g/mol. The molecule has 5 rings (SSSR count). The molecule has 2 aromatic carbocycles. The molecule has 1 aliphatic carbocycles. The van der Waals surface area contributed by atoms with E-state index in [0.29, 0.717) is 5.69 Å². The molecule has 13 heteroatoms. The maximum Gasteiger partial charge on any atom is 0.437 e. The van der Waals surface area contributed by atoms with Gasteiger partial charge in [-0.2, -0.15) is 13.2 Å². The van der Waals surface area contributed by atoms with Crippen LogP contribution in [-0.4, -0.2) is 31.7 Å². The Morgan fingerprint density at radius 1 is 1.04 bits per heavy atom. The highest BCUT2D eigenvalue weighted by Crippen LogP contribution is 2.42. The predicted octanol–water partition coefficient (Wildman–Crippen LogP) is 7.26. The number of aryl methyl sites for hydroxylation is 2. The SMILES string of the molecule is Cc1ccnc(C(NC(=O)c2cc(Cn3ccn(C)/c3=N/C(=O)OC(C)(C)C)cc(-c3ccc(F)cc3C(F)(F)F)c2F)C2CC2)c1. The number of aromatic nitrogens is 3. The summed E-state index contributed by atoms with van der Waals surface area (Å²) in [6, 6.07) is 7.41. The van der Waals surface area contributed by atoms with E-state index in [4.69, 9.17) is 4.74 Å². The molecular weight excluding hydrogens is 621 g/mol. The molecule has 0 radical (unpaired) electrons. The van der Waals surface area contributed by atoms with Crippen LogP contribution in [0.15, 0.2) is 66.0 Å². The zero-order valence-corrected chi connectivity index (χ0v) is 26.5. The summed E-state index contributed by atoms with van der Waals surface area (Å²) in [5, 5.41) is 2.85. The lowest BCUT2D eigenvalue weighted by molar-refractivity contribution is -0.137. The maximum absolute atomic E-state index is 16.3. The van der Waals surface area contributed by atoms with Gasteiger partial charge in [0, 0.05) is 31.2 Å². The molecule has 47 heavy (non-hydrogen) atoms. The third-order valence-corrected chi connectivity index (χ3v) is 7.57. The molecule has 1 unspecified atom stereocenters. The van der Waals surface area contributed by atoms with Gasteiger partial charge in [0.25, 0.3) is 5.91 Å². The van der Waals surface area contributed by atoms with E-state index in [1.165, 1.54) is 21.3 Å². The van der Waals surface area contributed by atoms with Gasteiger partial charge in [-0.15, -0.1) is 4.99 Å². The fourth-order valence-electron chi connectivity index (χ4n) is 5.28. The van der Waals surface area contributed by atoms with Crippen molar-refractivity contribution in [3.63, 3.8) is 0 Å². The van der Waals surface area contributed by atoms with Crippen LogP contribution in [0.25, 0.3) is 11.1 Å². The van der Waals surface area contributed by atoms with E-state index >= 15 is 4.39 Å². The van der Waals surface area contributed by atoms with Crippen LogP contribution < -0.4 is 10.9 Å². The molecular formula is C34H34F5N5O3. The van der Waals surface area contributed by atoms with Crippen LogP contribution in [0.3, 0.4) is 0 Å². The number of amides is 2. The van der Waals surface area contributed by atoms with Crippen molar-refractivity contribution in [2.24, 2.45) is 18.0 Å². The van der Waals surface area contributed by atoms with E-state index < -0.39 is 63.7 Å². The number of pyridine rings is 1. The van der Waals surface area contributed by atoms with Gasteiger partial charge >= 0.3 is 12.3 Å². The van der Waals surface area contributed by atoms with E-state index in [2.05, 4.69) is 15.3 Å². The summed E-state index contributed by atoms with van der Waals surface area (Å²) >= 11 is 0. The first-order chi connectivity index (χ1) is 22.0. The highest BCUT2D eigenvalue weighted by Gasteiger charge is 2.37. The normalized spacial score (nSPS) is 14.6. The maximum atomic E-state index is 16.3. The fourth-order valence-corrected chi connectivity index (χ4v) is 5.28. The molecule has 1 fully saturated rings. The Morgan fingerprint density at radius 2 is 1.77 bits per heavy atom. The van der Waals surface area contributed by atoms with Gasteiger partial charge in [-0.05, 0) is 99.5 Å². The Labute approximate surface area is 267 Å². The number of hydrogen-bond donors (Lipinski definition) is 1. The second-order valence-corrected chi connectivity index (χ2v) is 12.7. The van der Waals surface area contributed by atoms with Crippen LogP contribution in [0.5, 0.6) is 0 Å². The van der Waals surface area contributed by atoms with Crippen LogP contribution in [0, 0.1) is 24.5 Å². The molecule has 1 atom stereocenters. The molecule has 1 aliphatic rings. The van der Waals surface area contributed by atoms with Gasteiger partial charge in [-0.25, -0.2) is 13.6 Å². The summed E-state index contributed by atoms with van der Waals surface area (Å²) < 4.78 is 80.9. The minimum Gasteiger partial charge on any atom is -0.442 e. The largest absolute Gasteiger partial charge is 0.442 e. The summed E-state index contributed by atoms with van der Waals surface area (Å²) in [6.07, 6.45) is 0.501. The predicted molar refractivity (Wildman–Crippen MR) is 163 cm³/mol.